The summed E-state index contributed by atoms with van der Waals surface area (Å²) in [5.41, 5.74) is 3.07. The number of nitrogens with zero attached hydrogens (tertiary/aromatic N) is 1. The molecular weight excluding hydrogens is 184 g/mol. The van der Waals surface area contributed by atoms with Gasteiger partial charge < -0.3 is 4.98 Å². The molecule has 1 N–H and O–H groups in total. The van der Waals surface area contributed by atoms with E-state index >= 15 is 0 Å². The van der Waals surface area contributed by atoms with Crippen LogP contribution in [0, 0.1) is 11.3 Å². The first-order chi connectivity index (χ1) is 7.38. The van der Waals surface area contributed by atoms with Crippen LogP contribution in [0.25, 0.3) is 22.0 Å². The Hall–Kier alpha value is -2.27. The fourth-order valence-corrected chi connectivity index (χ4v) is 1.74. The zero-order valence-corrected chi connectivity index (χ0v) is 7.99. The highest BCUT2D eigenvalue weighted by Gasteiger charge is 2.12. The van der Waals surface area contributed by atoms with Crippen molar-refractivity contribution in [1.82, 2.24) is 4.98 Å². The lowest BCUT2D eigenvalue weighted by atomic mass is 10.1. The number of aromatic amines is 1. The van der Waals surface area contributed by atoms with Crippen molar-refractivity contribution < 1.29 is 0 Å². The highest BCUT2D eigenvalue weighted by Crippen LogP contribution is 2.35. The van der Waals surface area contributed by atoms with Crippen LogP contribution in [-0.4, -0.2) is 4.98 Å². The monoisotopic (exact) mass is 192 g/mol. The molecule has 0 bridgehead atoms. The van der Waals surface area contributed by atoms with Gasteiger partial charge in [0, 0.05) is 17.5 Å². The minimum atomic E-state index is 0.707. The largest absolute Gasteiger partial charge is 0.361 e. The van der Waals surface area contributed by atoms with Crippen LogP contribution < -0.4 is 0 Å². The van der Waals surface area contributed by atoms with Gasteiger partial charge in [-0.05, 0) is 35.0 Å². The molecule has 1 aliphatic heterocycles. The molecule has 3 rings (SSSR count). The van der Waals surface area contributed by atoms with Gasteiger partial charge in [0.05, 0.1) is 11.6 Å². The number of benzene rings is 1. The minimum absolute atomic E-state index is 0.707. The lowest BCUT2D eigenvalue weighted by molar-refractivity contribution is 1.41. The minimum Gasteiger partial charge on any atom is -0.361 e. The van der Waals surface area contributed by atoms with E-state index in [1.54, 1.807) is 0 Å². The van der Waals surface area contributed by atoms with Crippen LogP contribution in [0.1, 0.15) is 5.56 Å². The van der Waals surface area contributed by atoms with Crippen molar-refractivity contribution in [1.29, 1.82) is 5.26 Å². The number of nitriles is 1. The number of aromatic nitrogens is 1. The van der Waals surface area contributed by atoms with Crippen LogP contribution in [0.2, 0.25) is 0 Å². The first-order valence-electron chi connectivity index (χ1n) is 4.78. The molecule has 2 aliphatic rings. The predicted molar refractivity (Wildman–Crippen MR) is 59.6 cm³/mol. The second kappa shape index (κ2) is 2.86. The third-order valence-corrected chi connectivity index (χ3v) is 2.58. The second-order valence-corrected chi connectivity index (χ2v) is 3.56. The summed E-state index contributed by atoms with van der Waals surface area (Å²) in [6.07, 6.45) is 1.92. The lowest BCUT2D eigenvalue weighted by Crippen LogP contribution is -1.75. The summed E-state index contributed by atoms with van der Waals surface area (Å²) in [5.74, 6) is 0. The van der Waals surface area contributed by atoms with Crippen LogP contribution in [0.3, 0.4) is 0 Å². The SMILES string of the molecule is N#Cc1ccc2ccc[nH]c3cc-3c2c1. The first kappa shape index (κ1) is 8.07. The highest BCUT2D eigenvalue weighted by atomic mass is 14.7. The van der Waals surface area contributed by atoms with Gasteiger partial charge in [0.15, 0.2) is 0 Å². The summed E-state index contributed by atoms with van der Waals surface area (Å²) in [6, 6.07) is 14.0. The van der Waals surface area contributed by atoms with E-state index in [0.29, 0.717) is 5.56 Å². The maximum absolute atomic E-state index is 8.85. The van der Waals surface area contributed by atoms with Gasteiger partial charge in [-0.3, -0.25) is 0 Å². The van der Waals surface area contributed by atoms with Crippen molar-refractivity contribution in [2.45, 2.75) is 0 Å². The van der Waals surface area contributed by atoms with Gasteiger partial charge >= 0.3 is 0 Å². The topological polar surface area (TPSA) is 39.6 Å². The van der Waals surface area contributed by atoms with Crippen molar-refractivity contribution in [3.8, 4) is 17.3 Å². The van der Waals surface area contributed by atoms with E-state index in [4.69, 9.17) is 5.26 Å². The summed E-state index contributed by atoms with van der Waals surface area (Å²) in [4.78, 5) is 3.17. The molecule has 0 amide bonds. The number of hydrogen-bond donors (Lipinski definition) is 1. The number of fused-ring (bicyclic) bond motifs is 3. The smallest absolute Gasteiger partial charge is 0.0991 e. The highest BCUT2D eigenvalue weighted by molar-refractivity contribution is 6.01. The molecule has 1 aromatic carbocycles. The zero-order chi connectivity index (χ0) is 10.3. The summed E-state index contributed by atoms with van der Waals surface area (Å²) in [6.45, 7) is 0. The molecule has 0 aromatic heterocycles. The van der Waals surface area contributed by atoms with Gasteiger partial charge in [0.25, 0.3) is 0 Å². The molecule has 0 radical (unpaired) electrons. The molecular formula is C13H8N2. The molecule has 15 heavy (non-hydrogen) atoms. The third kappa shape index (κ3) is 1.26. The zero-order valence-electron chi connectivity index (χ0n) is 7.99. The van der Waals surface area contributed by atoms with Crippen LogP contribution in [0.15, 0.2) is 42.6 Å². The van der Waals surface area contributed by atoms with E-state index in [0.717, 1.165) is 16.5 Å². The maximum Gasteiger partial charge on any atom is 0.0991 e. The maximum atomic E-state index is 8.85. The predicted octanol–water partition coefficient (Wildman–Crippen LogP) is 3.14. The second-order valence-electron chi connectivity index (χ2n) is 3.56. The molecule has 0 saturated heterocycles. The molecule has 1 aliphatic carbocycles. The Morgan fingerprint density at radius 1 is 1.13 bits per heavy atom. The molecule has 1 heterocycles. The lowest BCUT2D eigenvalue weighted by Gasteiger charge is -1.95. The summed E-state index contributed by atoms with van der Waals surface area (Å²) >= 11 is 0. The normalized spacial score (nSPS) is 10.6. The summed E-state index contributed by atoms with van der Waals surface area (Å²) < 4.78 is 0. The van der Waals surface area contributed by atoms with Gasteiger partial charge in [0.2, 0.25) is 0 Å². The van der Waals surface area contributed by atoms with Gasteiger partial charge in [-0.25, -0.2) is 0 Å². The van der Waals surface area contributed by atoms with E-state index in [1.807, 2.05) is 36.5 Å². The Labute approximate surface area is 87.1 Å². The van der Waals surface area contributed by atoms with Crippen LogP contribution >= 0.6 is 0 Å². The molecule has 1 aromatic rings. The third-order valence-electron chi connectivity index (χ3n) is 2.58. The molecule has 2 nitrogen and oxygen atoms in total. The van der Waals surface area contributed by atoms with Crippen molar-refractivity contribution in [3.05, 3.63) is 48.2 Å². The van der Waals surface area contributed by atoms with Crippen LogP contribution in [-0.2, 0) is 0 Å². The van der Waals surface area contributed by atoms with E-state index in [9.17, 15) is 0 Å². The number of hydrogen-bond acceptors (Lipinski definition) is 1. The Kier molecular flexibility index (Phi) is 1.54. The number of rotatable bonds is 0. The first-order valence-corrected chi connectivity index (χ1v) is 4.78. The van der Waals surface area contributed by atoms with Gasteiger partial charge in [0.1, 0.15) is 0 Å². The van der Waals surface area contributed by atoms with Crippen LogP contribution in [0.5, 0.6) is 0 Å². The van der Waals surface area contributed by atoms with Gasteiger partial charge in [-0.1, -0.05) is 12.1 Å². The molecule has 0 fully saturated rings. The molecule has 70 valence electrons. The average molecular weight is 192 g/mol. The molecule has 0 atom stereocenters. The number of H-pyrrole nitrogens is 1. The van der Waals surface area contributed by atoms with E-state index in [1.165, 1.54) is 5.56 Å². The molecule has 0 unspecified atom stereocenters. The van der Waals surface area contributed by atoms with E-state index in [2.05, 4.69) is 17.1 Å². The summed E-state index contributed by atoms with van der Waals surface area (Å²) in [5, 5.41) is 11.1. The molecule has 0 spiro atoms. The summed E-state index contributed by atoms with van der Waals surface area (Å²) in [7, 11) is 0. The fraction of sp³-hybridized carbons (Fsp3) is 0. The molecule has 2 heteroatoms. The number of nitrogens with one attached hydrogen (secondary N) is 1. The van der Waals surface area contributed by atoms with Crippen molar-refractivity contribution in [2.75, 3.05) is 0 Å². The van der Waals surface area contributed by atoms with Crippen molar-refractivity contribution in [2.24, 2.45) is 0 Å². The quantitative estimate of drug-likeness (QED) is 0.584. The Morgan fingerprint density at radius 3 is 2.93 bits per heavy atom. The van der Waals surface area contributed by atoms with Gasteiger partial charge in [-0.2, -0.15) is 5.26 Å². The average Bonchev–Trinajstić information content (AvgIpc) is 3.00. The Morgan fingerprint density at radius 2 is 2.07 bits per heavy atom. The van der Waals surface area contributed by atoms with E-state index in [-0.39, 0.29) is 0 Å². The Bertz CT molecular complexity index is 643. The fourth-order valence-electron chi connectivity index (χ4n) is 1.74. The van der Waals surface area contributed by atoms with Crippen LogP contribution in [0.4, 0.5) is 0 Å². The van der Waals surface area contributed by atoms with Crippen molar-refractivity contribution in [3.63, 3.8) is 0 Å². The van der Waals surface area contributed by atoms with Crippen molar-refractivity contribution >= 4 is 10.8 Å². The van der Waals surface area contributed by atoms with Gasteiger partial charge in [-0.15, -0.1) is 0 Å². The standard InChI is InChI=1S/C13H8N2/c14-8-9-3-4-10-2-1-5-15-13-7-12(13)11(10)6-9/h1-7,15H. The Balaban J connectivity index is 2.42. The molecule has 0 saturated carbocycles. The van der Waals surface area contributed by atoms with E-state index < -0.39 is 0 Å².